The van der Waals surface area contributed by atoms with Gasteiger partial charge in [-0.05, 0) is 24.6 Å². The van der Waals surface area contributed by atoms with Crippen LogP contribution in [0.15, 0.2) is 35.8 Å². The molecule has 9 heteroatoms. The highest BCUT2D eigenvalue weighted by atomic mass is 35.5. The van der Waals surface area contributed by atoms with Gasteiger partial charge in [-0.15, -0.1) is 0 Å². The molecule has 0 aliphatic carbocycles. The van der Waals surface area contributed by atoms with Gasteiger partial charge in [0.2, 0.25) is 0 Å². The van der Waals surface area contributed by atoms with E-state index < -0.39 is 5.82 Å². The maximum absolute atomic E-state index is 13.5. The number of hydrogen-bond acceptors (Lipinski definition) is 6. The largest absolute Gasteiger partial charge is 0.329 e. The van der Waals surface area contributed by atoms with Crippen LogP contribution in [0.1, 0.15) is 27.8 Å². The quantitative estimate of drug-likeness (QED) is 0.869. The minimum atomic E-state index is -0.526. The van der Waals surface area contributed by atoms with E-state index in [-0.39, 0.29) is 17.1 Å². The number of amidine groups is 1. The summed E-state index contributed by atoms with van der Waals surface area (Å²) in [5.41, 5.74) is 4.67. The number of nitrogens with zero attached hydrogens (tertiary/aromatic N) is 5. The van der Waals surface area contributed by atoms with Crippen LogP contribution >= 0.6 is 11.6 Å². The lowest BCUT2D eigenvalue weighted by Crippen LogP contribution is -2.51. The van der Waals surface area contributed by atoms with E-state index in [4.69, 9.17) is 11.6 Å². The Labute approximate surface area is 154 Å². The fourth-order valence-electron chi connectivity index (χ4n) is 3.19. The molecule has 1 amide bonds. The van der Waals surface area contributed by atoms with E-state index >= 15 is 0 Å². The molecule has 2 aliphatic heterocycles. The van der Waals surface area contributed by atoms with Gasteiger partial charge in [0.15, 0.2) is 6.17 Å². The first-order valence-corrected chi connectivity index (χ1v) is 8.52. The number of rotatable bonds is 2. The molecule has 4 rings (SSSR count). The molecule has 26 heavy (non-hydrogen) atoms. The van der Waals surface area contributed by atoms with Crippen LogP contribution in [0.4, 0.5) is 4.39 Å². The number of piperazine rings is 1. The molecule has 1 fully saturated rings. The Bertz CT molecular complexity index is 890. The highest BCUT2D eigenvalue weighted by molar-refractivity contribution is 6.32. The fraction of sp³-hybridized carbons (Fsp3) is 0.294. The lowest BCUT2D eigenvalue weighted by molar-refractivity contribution is 0.0735. The third kappa shape index (κ3) is 2.76. The predicted molar refractivity (Wildman–Crippen MR) is 94.1 cm³/mol. The first kappa shape index (κ1) is 16.7. The van der Waals surface area contributed by atoms with Crippen molar-refractivity contribution >= 4 is 23.3 Å². The SMILES string of the molecule is Cc1c(C(=O)N2CCN3C(=NNC3c3cnccn3)C2)ccc(F)c1Cl. The van der Waals surface area contributed by atoms with Gasteiger partial charge < -0.3 is 9.80 Å². The summed E-state index contributed by atoms with van der Waals surface area (Å²) in [6.45, 7) is 3.13. The van der Waals surface area contributed by atoms with E-state index in [1.165, 1.54) is 12.1 Å². The number of carbonyl (C=O) groups is 1. The van der Waals surface area contributed by atoms with Crippen molar-refractivity contribution < 1.29 is 9.18 Å². The van der Waals surface area contributed by atoms with Crippen LogP contribution in [-0.4, -0.2) is 51.1 Å². The van der Waals surface area contributed by atoms with E-state index in [1.54, 1.807) is 30.4 Å². The minimum absolute atomic E-state index is 0.0166. The smallest absolute Gasteiger partial charge is 0.254 e. The first-order chi connectivity index (χ1) is 12.6. The highest BCUT2D eigenvalue weighted by Crippen LogP contribution is 2.26. The summed E-state index contributed by atoms with van der Waals surface area (Å²) in [6, 6.07) is 2.69. The van der Waals surface area contributed by atoms with Gasteiger partial charge in [0.25, 0.3) is 5.91 Å². The Morgan fingerprint density at radius 3 is 2.96 bits per heavy atom. The molecule has 1 saturated heterocycles. The molecule has 134 valence electrons. The Hall–Kier alpha value is -2.74. The van der Waals surface area contributed by atoms with E-state index in [2.05, 4.69) is 25.4 Å². The molecule has 1 aromatic carbocycles. The molecule has 1 N–H and O–H groups in total. The second-order valence-corrected chi connectivity index (χ2v) is 6.52. The van der Waals surface area contributed by atoms with Crippen molar-refractivity contribution in [3.8, 4) is 0 Å². The predicted octanol–water partition coefficient (Wildman–Crippen LogP) is 1.95. The minimum Gasteiger partial charge on any atom is -0.329 e. The maximum atomic E-state index is 13.5. The van der Waals surface area contributed by atoms with Gasteiger partial charge in [0.05, 0.1) is 17.8 Å². The van der Waals surface area contributed by atoms with Crippen LogP contribution in [0, 0.1) is 12.7 Å². The van der Waals surface area contributed by atoms with Crippen LogP contribution in [0.5, 0.6) is 0 Å². The number of amides is 1. The maximum Gasteiger partial charge on any atom is 0.254 e. The van der Waals surface area contributed by atoms with Crippen LogP contribution in [-0.2, 0) is 0 Å². The van der Waals surface area contributed by atoms with Crippen molar-refractivity contribution in [1.82, 2.24) is 25.2 Å². The fourth-order valence-corrected chi connectivity index (χ4v) is 3.35. The van der Waals surface area contributed by atoms with E-state index in [9.17, 15) is 9.18 Å². The van der Waals surface area contributed by atoms with Crippen molar-refractivity contribution in [2.45, 2.75) is 13.1 Å². The number of hydrogen-bond donors (Lipinski definition) is 1. The van der Waals surface area contributed by atoms with Crippen molar-refractivity contribution in [3.63, 3.8) is 0 Å². The lowest BCUT2D eigenvalue weighted by Gasteiger charge is -2.36. The summed E-state index contributed by atoms with van der Waals surface area (Å²) < 4.78 is 13.5. The Balaban J connectivity index is 1.51. The number of nitrogens with one attached hydrogen (secondary N) is 1. The van der Waals surface area contributed by atoms with Gasteiger partial charge in [0, 0.05) is 31.0 Å². The topological polar surface area (TPSA) is 73.7 Å². The van der Waals surface area contributed by atoms with Gasteiger partial charge in [-0.1, -0.05) is 11.6 Å². The first-order valence-electron chi connectivity index (χ1n) is 8.15. The summed E-state index contributed by atoms with van der Waals surface area (Å²) in [5.74, 6) is 0.0440. The molecule has 0 radical (unpaired) electrons. The van der Waals surface area contributed by atoms with Gasteiger partial charge >= 0.3 is 0 Å². The molecule has 0 spiro atoms. The van der Waals surface area contributed by atoms with Gasteiger partial charge in [0.1, 0.15) is 17.3 Å². The van der Waals surface area contributed by atoms with E-state index in [0.29, 0.717) is 30.8 Å². The zero-order valence-corrected chi connectivity index (χ0v) is 14.7. The molecule has 1 atom stereocenters. The molecular weight excluding hydrogens is 359 g/mol. The molecule has 1 unspecified atom stereocenters. The summed E-state index contributed by atoms with van der Waals surface area (Å²) in [4.78, 5) is 25.0. The van der Waals surface area contributed by atoms with Gasteiger partial charge in [-0.3, -0.25) is 20.2 Å². The monoisotopic (exact) mass is 374 g/mol. The zero-order valence-electron chi connectivity index (χ0n) is 14.0. The summed E-state index contributed by atoms with van der Waals surface area (Å²) in [6.07, 6.45) is 4.76. The molecule has 2 aromatic rings. The van der Waals surface area contributed by atoms with Crippen molar-refractivity contribution in [2.24, 2.45) is 5.10 Å². The van der Waals surface area contributed by atoms with E-state index in [0.717, 1.165) is 11.5 Å². The second kappa shape index (κ2) is 6.53. The summed E-state index contributed by atoms with van der Waals surface area (Å²) >= 11 is 5.94. The highest BCUT2D eigenvalue weighted by Gasteiger charge is 2.36. The van der Waals surface area contributed by atoms with Crippen LogP contribution in [0.2, 0.25) is 5.02 Å². The number of benzene rings is 1. The average Bonchev–Trinajstić information content (AvgIpc) is 3.09. The third-order valence-corrected chi connectivity index (χ3v) is 5.09. The number of aromatic nitrogens is 2. The molecule has 1 aromatic heterocycles. The molecule has 2 aliphatic rings. The zero-order chi connectivity index (χ0) is 18.3. The van der Waals surface area contributed by atoms with Crippen molar-refractivity contribution in [1.29, 1.82) is 0 Å². The molecule has 0 bridgehead atoms. The standard InChI is InChI=1S/C17H16ClFN6O/c1-10-11(2-3-12(19)15(10)18)17(26)24-6-7-25-14(9-24)22-23-16(25)13-8-20-4-5-21-13/h2-5,8,16,23H,6-7,9H2,1H3. The second-order valence-electron chi connectivity index (χ2n) is 6.14. The lowest BCUT2D eigenvalue weighted by atomic mass is 10.1. The van der Waals surface area contributed by atoms with Crippen LogP contribution < -0.4 is 5.43 Å². The number of fused-ring (bicyclic) bond motifs is 1. The van der Waals surface area contributed by atoms with E-state index in [1.807, 2.05) is 0 Å². The number of hydrazone groups is 1. The average molecular weight is 375 g/mol. The van der Waals surface area contributed by atoms with Crippen molar-refractivity contribution in [3.05, 3.63) is 58.4 Å². The van der Waals surface area contributed by atoms with Crippen molar-refractivity contribution in [2.75, 3.05) is 19.6 Å². The van der Waals surface area contributed by atoms with Gasteiger partial charge in [-0.2, -0.15) is 5.10 Å². The molecule has 3 heterocycles. The number of halogens is 2. The molecule has 0 saturated carbocycles. The molecule has 7 nitrogen and oxygen atoms in total. The molecular formula is C17H16ClFN6O. The summed E-state index contributed by atoms with van der Waals surface area (Å²) in [5, 5.41) is 4.32. The van der Waals surface area contributed by atoms with Gasteiger partial charge in [-0.25, -0.2) is 4.39 Å². The third-order valence-electron chi connectivity index (χ3n) is 4.62. The summed E-state index contributed by atoms with van der Waals surface area (Å²) in [7, 11) is 0. The Morgan fingerprint density at radius 1 is 1.35 bits per heavy atom. The normalized spacial score (nSPS) is 19.0. The number of carbonyl (C=O) groups excluding carboxylic acids is 1. The van der Waals surface area contributed by atoms with Crippen LogP contribution in [0.3, 0.4) is 0 Å². The Kier molecular flexibility index (Phi) is 4.20. The van der Waals surface area contributed by atoms with Crippen LogP contribution in [0.25, 0.3) is 0 Å². The Morgan fingerprint density at radius 2 is 2.19 bits per heavy atom.